The van der Waals surface area contributed by atoms with Crippen molar-refractivity contribution < 1.29 is 18.7 Å². The van der Waals surface area contributed by atoms with E-state index in [0.717, 1.165) is 5.69 Å². The SMILES string of the molecule is CN(C)c1cccc(C(=O)OCC(=O)N(CCC#N)c2ccc(F)cc2)c1. The van der Waals surface area contributed by atoms with Crippen molar-refractivity contribution in [2.24, 2.45) is 0 Å². The Morgan fingerprint density at radius 1 is 1.11 bits per heavy atom. The Kier molecular flexibility index (Phi) is 6.89. The Labute approximate surface area is 157 Å². The maximum atomic E-state index is 13.1. The first-order valence-corrected chi connectivity index (χ1v) is 8.29. The van der Waals surface area contributed by atoms with E-state index in [1.807, 2.05) is 31.1 Å². The summed E-state index contributed by atoms with van der Waals surface area (Å²) in [7, 11) is 3.70. The van der Waals surface area contributed by atoms with E-state index < -0.39 is 24.3 Å². The molecule has 7 heteroatoms. The molecule has 0 unspecified atom stereocenters. The van der Waals surface area contributed by atoms with Crippen molar-refractivity contribution in [2.75, 3.05) is 37.0 Å². The van der Waals surface area contributed by atoms with Gasteiger partial charge in [-0.1, -0.05) is 6.07 Å². The standard InChI is InChI=1S/C20H20FN3O3/c1-23(2)18-6-3-5-15(13-18)20(26)27-14-19(25)24(12-4-11-22)17-9-7-16(21)8-10-17/h3,5-10,13H,4,12,14H2,1-2H3. The number of halogens is 1. The molecule has 0 heterocycles. The summed E-state index contributed by atoms with van der Waals surface area (Å²) in [5, 5.41) is 8.79. The Morgan fingerprint density at radius 3 is 2.44 bits per heavy atom. The molecular weight excluding hydrogens is 349 g/mol. The first kappa shape index (κ1) is 19.9. The number of rotatable bonds is 7. The lowest BCUT2D eigenvalue weighted by atomic mass is 10.2. The molecule has 2 aromatic rings. The highest BCUT2D eigenvalue weighted by molar-refractivity contribution is 5.97. The highest BCUT2D eigenvalue weighted by Crippen LogP contribution is 2.17. The molecule has 140 valence electrons. The highest BCUT2D eigenvalue weighted by Gasteiger charge is 2.18. The van der Waals surface area contributed by atoms with Crippen LogP contribution in [0.25, 0.3) is 0 Å². The summed E-state index contributed by atoms with van der Waals surface area (Å²) < 4.78 is 18.2. The van der Waals surface area contributed by atoms with E-state index in [4.69, 9.17) is 10.00 Å². The van der Waals surface area contributed by atoms with E-state index in [2.05, 4.69) is 0 Å². The second-order valence-corrected chi connectivity index (χ2v) is 5.95. The number of amides is 1. The number of nitrogens with zero attached hydrogens (tertiary/aromatic N) is 3. The van der Waals surface area contributed by atoms with Crippen LogP contribution in [0.3, 0.4) is 0 Å². The zero-order chi connectivity index (χ0) is 19.8. The minimum absolute atomic E-state index is 0.0991. The largest absolute Gasteiger partial charge is 0.452 e. The van der Waals surface area contributed by atoms with Gasteiger partial charge in [0.15, 0.2) is 6.61 Å². The predicted molar refractivity (Wildman–Crippen MR) is 100 cm³/mol. The number of benzene rings is 2. The zero-order valence-corrected chi connectivity index (χ0v) is 15.2. The van der Waals surface area contributed by atoms with Crippen LogP contribution in [0, 0.1) is 17.1 Å². The Morgan fingerprint density at radius 2 is 1.81 bits per heavy atom. The Balaban J connectivity index is 2.06. The number of nitriles is 1. The molecule has 0 fully saturated rings. The molecule has 6 nitrogen and oxygen atoms in total. The van der Waals surface area contributed by atoms with E-state index in [0.29, 0.717) is 11.3 Å². The molecule has 2 aromatic carbocycles. The first-order chi connectivity index (χ1) is 12.9. The molecule has 0 radical (unpaired) electrons. The molecule has 0 N–H and O–H groups in total. The van der Waals surface area contributed by atoms with Gasteiger partial charge in [-0.05, 0) is 42.5 Å². The topological polar surface area (TPSA) is 73.6 Å². The van der Waals surface area contributed by atoms with E-state index in [1.165, 1.54) is 29.2 Å². The normalized spacial score (nSPS) is 10.0. The van der Waals surface area contributed by atoms with Gasteiger partial charge >= 0.3 is 5.97 Å². The van der Waals surface area contributed by atoms with Gasteiger partial charge in [0.25, 0.3) is 5.91 Å². The van der Waals surface area contributed by atoms with Crippen molar-refractivity contribution in [2.45, 2.75) is 6.42 Å². The number of esters is 1. The number of ether oxygens (including phenoxy) is 1. The van der Waals surface area contributed by atoms with Crippen LogP contribution < -0.4 is 9.80 Å². The molecule has 0 saturated heterocycles. The van der Waals surface area contributed by atoms with Crippen LogP contribution in [-0.4, -0.2) is 39.1 Å². The number of carbonyl (C=O) groups is 2. The van der Waals surface area contributed by atoms with E-state index in [1.54, 1.807) is 18.2 Å². The Bertz CT molecular complexity index is 844. The molecule has 0 aliphatic rings. The van der Waals surface area contributed by atoms with Crippen molar-refractivity contribution in [1.82, 2.24) is 0 Å². The monoisotopic (exact) mass is 369 g/mol. The van der Waals surface area contributed by atoms with E-state index >= 15 is 0 Å². The van der Waals surface area contributed by atoms with Gasteiger partial charge in [-0.2, -0.15) is 5.26 Å². The molecule has 2 rings (SSSR count). The summed E-state index contributed by atoms with van der Waals surface area (Å²) in [6.45, 7) is -0.359. The summed E-state index contributed by atoms with van der Waals surface area (Å²) in [5.74, 6) is -1.54. The summed E-state index contributed by atoms with van der Waals surface area (Å²) in [4.78, 5) is 27.9. The van der Waals surface area contributed by atoms with Crippen molar-refractivity contribution in [1.29, 1.82) is 5.26 Å². The Hall–Kier alpha value is -3.40. The smallest absolute Gasteiger partial charge is 0.338 e. The third kappa shape index (κ3) is 5.54. The molecule has 0 saturated carbocycles. The van der Waals surface area contributed by atoms with Gasteiger partial charge in [0.2, 0.25) is 0 Å². The summed E-state index contributed by atoms with van der Waals surface area (Å²) >= 11 is 0. The highest BCUT2D eigenvalue weighted by atomic mass is 19.1. The van der Waals surface area contributed by atoms with Gasteiger partial charge in [0.05, 0.1) is 18.1 Å². The van der Waals surface area contributed by atoms with Crippen molar-refractivity contribution in [3.05, 3.63) is 59.9 Å². The number of hydrogen-bond acceptors (Lipinski definition) is 5. The molecule has 0 aromatic heterocycles. The molecule has 1 amide bonds. The molecular formula is C20H20FN3O3. The quantitative estimate of drug-likeness (QED) is 0.702. The maximum absolute atomic E-state index is 13.1. The fourth-order valence-corrected chi connectivity index (χ4v) is 2.38. The van der Waals surface area contributed by atoms with Gasteiger partial charge in [-0.3, -0.25) is 4.79 Å². The molecule has 27 heavy (non-hydrogen) atoms. The summed E-state index contributed by atoms with van der Waals surface area (Å²) in [5.41, 5.74) is 1.60. The van der Waals surface area contributed by atoms with Crippen LogP contribution in [0.2, 0.25) is 0 Å². The fourth-order valence-electron chi connectivity index (χ4n) is 2.38. The van der Waals surface area contributed by atoms with Gasteiger partial charge in [0, 0.05) is 32.0 Å². The number of carbonyl (C=O) groups excluding carboxylic acids is 2. The molecule has 0 spiro atoms. The average molecular weight is 369 g/mol. The number of hydrogen-bond donors (Lipinski definition) is 0. The number of anilines is 2. The van der Waals surface area contributed by atoms with Gasteiger partial charge in [-0.15, -0.1) is 0 Å². The van der Waals surface area contributed by atoms with E-state index in [-0.39, 0.29) is 13.0 Å². The predicted octanol–water partition coefficient (Wildman–Crippen LogP) is 3.00. The van der Waals surface area contributed by atoms with Crippen LogP contribution in [0.4, 0.5) is 15.8 Å². The molecule has 0 bridgehead atoms. The third-order valence-corrected chi connectivity index (χ3v) is 3.81. The molecule has 0 aliphatic carbocycles. The van der Waals surface area contributed by atoms with Crippen LogP contribution in [0.15, 0.2) is 48.5 Å². The summed E-state index contributed by atoms with van der Waals surface area (Å²) in [6, 6.07) is 14.1. The summed E-state index contributed by atoms with van der Waals surface area (Å²) in [6.07, 6.45) is 0.0991. The second kappa shape index (κ2) is 9.34. The van der Waals surface area contributed by atoms with Crippen molar-refractivity contribution >= 4 is 23.3 Å². The average Bonchev–Trinajstić information content (AvgIpc) is 2.67. The van der Waals surface area contributed by atoms with Crippen LogP contribution in [-0.2, 0) is 9.53 Å². The lowest BCUT2D eigenvalue weighted by Gasteiger charge is -2.21. The molecule has 0 atom stereocenters. The van der Waals surface area contributed by atoms with E-state index in [9.17, 15) is 14.0 Å². The second-order valence-electron chi connectivity index (χ2n) is 5.95. The fraction of sp³-hybridized carbons (Fsp3) is 0.250. The minimum atomic E-state index is -0.619. The van der Waals surface area contributed by atoms with Crippen LogP contribution in [0.1, 0.15) is 16.8 Å². The minimum Gasteiger partial charge on any atom is -0.452 e. The zero-order valence-electron chi connectivity index (χ0n) is 15.2. The lowest BCUT2D eigenvalue weighted by molar-refractivity contribution is -0.121. The van der Waals surface area contributed by atoms with Crippen LogP contribution >= 0.6 is 0 Å². The molecule has 0 aliphatic heterocycles. The van der Waals surface area contributed by atoms with Gasteiger partial charge in [0.1, 0.15) is 5.82 Å². The van der Waals surface area contributed by atoms with Crippen molar-refractivity contribution in [3.63, 3.8) is 0 Å². The van der Waals surface area contributed by atoms with Gasteiger partial charge in [-0.25, -0.2) is 9.18 Å². The van der Waals surface area contributed by atoms with Gasteiger partial charge < -0.3 is 14.5 Å². The lowest BCUT2D eigenvalue weighted by Crippen LogP contribution is -2.35. The first-order valence-electron chi connectivity index (χ1n) is 8.29. The maximum Gasteiger partial charge on any atom is 0.338 e. The van der Waals surface area contributed by atoms with Crippen molar-refractivity contribution in [3.8, 4) is 6.07 Å². The third-order valence-electron chi connectivity index (χ3n) is 3.81. The van der Waals surface area contributed by atoms with Crippen LogP contribution in [0.5, 0.6) is 0 Å².